The molecule has 4 amide bonds. The lowest BCUT2D eigenvalue weighted by Gasteiger charge is -2.11. The summed E-state index contributed by atoms with van der Waals surface area (Å²) in [4.78, 5) is 38.0. The lowest BCUT2D eigenvalue weighted by molar-refractivity contribution is -0.127. The molecular formula is C25H21N3O4. The standard InChI is InChI=1S/C25H21N3O4/c1-32-21-9-5-6-19(15-21)18-12-10-17(11-13-18)14-22-24(30)28(25(31)27-22)16-23(29)26-20-7-3-2-4-8-20/h2-15H,16H2,1H3,(H,26,29)(H,27,31)/b22-14-. The Morgan fingerprint density at radius 1 is 0.969 bits per heavy atom. The van der Waals surface area contributed by atoms with E-state index in [-0.39, 0.29) is 12.2 Å². The van der Waals surface area contributed by atoms with Crippen LogP contribution in [0.4, 0.5) is 10.5 Å². The first kappa shape index (κ1) is 20.9. The van der Waals surface area contributed by atoms with Gasteiger partial charge < -0.3 is 15.4 Å². The van der Waals surface area contributed by atoms with Gasteiger partial charge in [0.05, 0.1) is 7.11 Å². The van der Waals surface area contributed by atoms with Crippen molar-refractivity contribution in [2.75, 3.05) is 19.0 Å². The van der Waals surface area contributed by atoms with Crippen LogP contribution in [-0.2, 0) is 9.59 Å². The van der Waals surface area contributed by atoms with E-state index in [1.165, 1.54) is 0 Å². The quantitative estimate of drug-likeness (QED) is 0.461. The van der Waals surface area contributed by atoms with Crippen molar-refractivity contribution in [1.29, 1.82) is 0 Å². The molecule has 0 atom stereocenters. The molecule has 0 unspecified atom stereocenters. The largest absolute Gasteiger partial charge is 0.497 e. The molecule has 0 aliphatic carbocycles. The number of nitrogens with one attached hydrogen (secondary N) is 2. The van der Waals surface area contributed by atoms with Crippen molar-refractivity contribution in [1.82, 2.24) is 10.2 Å². The number of rotatable bonds is 6. The molecule has 32 heavy (non-hydrogen) atoms. The molecule has 1 aliphatic heterocycles. The molecule has 2 N–H and O–H groups in total. The highest BCUT2D eigenvalue weighted by molar-refractivity contribution is 6.15. The van der Waals surface area contributed by atoms with Crippen molar-refractivity contribution in [2.24, 2.45) is 0 Å². The van der Waals surface area contributed by atoms with Crippen molar-refractivity contribution >= 4 is 29.6 Å². The van der Waals surface area contributed by atoms with Gasteiger partial charge in [0.25, 0.3) is 5.91 Å². The third-order valence-corrected chi connectivity index (χ3v) is 4.95. The van der Waals surface area contributed by atoms with E-state index in [0.717, 1.165) is 27.3 Å². The van der Waals surface area contributed by atoms with Gasteiger partial charge in [0.15, 0.2) is 0 Å². The third kappa shape index (κ3) is 4.67. The smallest absolute Gasteiger partial charge is 0.329 e. The van der Waals surface area contributed by atoms with E-state index in [9.17, 15) is 14.4 Å². The Morgan fingerprint density at radius 2 is 1.72 bits per heavy atom. The summed E-state index contributed by atoms with van der Waals surface area (Å²) < 4.78 is 5.26. The minimum Gasteiger partial charge on any atom is -0.497 e. The van der Waals surface area contributed by atoms with Gasteiger partial charge in [-0.2, -0.15) is 0 Å². The van der Waals surface area contributed by atoms with Crippen LogP contribution in [0.1, 0.15) is 5.56 Å². The fourth-order valence-corrected chi connectivity index (χ4v) is 3.32. The number of carbonyl (C=O) groups excluding carboxylic acids is 3. The minimum absolute atomic E-state index is 0.122. The van der Waals surface area contributed by atoms with Crippen molar-refractivity contribution in [3.8, 4) is 16.9 Å². The van der Waals surface area contributed by atoms with Crippen LogP contribution in [0.3, 0.4) is 0 Å². The number of imide groups is 1. The van der Waals surface area contributed by atoms with Crippen LogP contribution in [0.15, 0.2) is 84.6 Å². The maximum absolute atomic E-state index is 12.6. The van der Waals surface area contributed by atoms with Crippen LogP contribution in [0.2, 0.25) is 0 Å². The molecule has 160 valence electrons. The number of hydrogen-bond acceptors (Lipinski definition) is 4. The molecule has 1 heterocycles. The SMILES string of the molecule is COc1cccc(-c2ccc(/C=C3\NC(=O)N(CC(=O)Nc4ccccc4)C3=O)cc2)c1. The van der Waals surface area contributed by atoms with Crippen molar-refractivity contribution in [2.45, 2.75) is 0 Å². The first-order valence-corrected chi connectivity index (χ1v) is 9.97. The second-order valence-corrected chi connectivity index (χ2v) is 7.15. The van der Waals surface area contributed by atoms with Crippen molar-refractivity contribution < 1.29 is 19.1 Å². The third-order valence-electron chi connectivity index (χ3n) is 4.95. The summed E-state index contributed by atoms with van der Waals surface area (Å²) in [5, 5.41) is 5.20. The molecule has 7 heteroatoms. The number of benzene rings is 3. The van der Waals surface area contributed by atoms with Gasteiger partial charge in [0.2, 0.25) is 5.91 Å². The number of amides is 4. The molecule has 1 saturated heterocycles. The van der Waals surface area contributed by atoms with Crippen LogP contribution in [0, 0.1) is 0 Å². The first-order chi connectivity index (χ1) is 15.5. The second-order valence-electron chi connectivity index (χ2n) is 7.15. The molecular weight excluding hydrogens is 406 g/mol. The summed E-state index contributed by atoms with van der Waals surface area (Å²) >= 11 is 0. The fourth-order valence-electron chi connectivity index (χ4n) is 3.32. The normalized spacial score (nSPS) is 14.4. The Morgan fingerprint density at radius 3 is 2.44 bits per heavy atom. The van der Waals surface area contributed by atoms with Crippen LogP contribution in [0.25, 0.3) is 17.2 Å². The first-order valence-electron chi connectivity index (χ1n) is 9.97. The highest BCUT2D eigenvalue weighted by Gasteiger charge is 2.34. The molecule has 3 aromatic rings. The van der Waals surface area contributed by atoms with E-state index in [4.69, 9.17) is 4.74 Å². The maximum atomic E-state index is 12.6. The Bertz CT molecular complexity index is 1190. The Labute approximate surface area is 185 Å². The summed E-state index contributed by atoms with van der Waals surface area (Å²) in [5.74, 6) is -0.233. The molecule has 1 aliphatic rings. The average molecular weight is 427 g/mol. The zero-order valence-electron chi connectivity index (χ0n) is 17.4. The number of ether oxygens (including phenoxy) is 1. The molecule has 1 fully saturated rings. The second kappa shape index (κ2) is 9.18. The highest BCUT2D eigenvalue weighted by Crippen LogP contribution is 2.25. The summed E-state index contributed by atoms with van der Waals surface area (Å²) in [6.45, 7) is -0.369. The number of urea groups is 1. The average Bonchev–Trinajstić information content (AvgIpc) is 3.07. The lowest BCUT2D eigenvalue weighted by atomic mass is 10.0. The number of methoxy groups -OCH3 is 1. The van der Waals surface area contributed by atoms with Crippen molar-refractivity contribution in [3.05, 3.63) is 90.1 Å². The van der Waals surface area contributed by atoms with Crippen LogP contribution < -0.4 is 15.4 Å². The van der Waals surface area contributed by atoms with Crippen LogP contribution in [0.5, 0.6) is 5.75 Å². The summed E-state index contributed by atoms with van der Waals surface area (Å²) in [7, 11) is 1.62. The maximum Gasteiger partial charge on any atom is 0.329 e. The number of para-hydroxylation sites is 1. The summed E-state index contributed by atoms with van der Waals surface area (Å²) in [6.07, 6.45) is 1.59. The lowest BCUT2D eigenvalue weighted by Crippen LogP contribution is -2.38. The van der Waals surface area contributed by atoms with Gasteiger partial charge in [-0.05, 0) is 47.0 Å². The van der Waals surface area contributed by atoms with Gasteiger partial charge in [-0.3, -0.25) is 9.59 Å². The number of carbonyl (C=O) groups is 3. The summed E-state index contributed by atoms with van der Waals surface area (Å²) in [5.41, 5.74) is 3.46. The van der Waals surface area contributed by atoms with E-state index in [0.29, 0.717) is 5.69 Å². The molecule has 0 saturated carbocycles. The van der Waals surface area contributed by atoms with Crippen molar-refractivity contribution in [3.63, 3.8) is 0 Å². The van der Waals surface area contributed by atoms with E-state index in [2.05, 4.69) is 10.6 Å². The Kier molecular flexibility index (Phi) is 5.98. The zero-order chi connectivity index (χ0) is 22.5. The fraction of sp³-hybridized carbons (Fsp3) is 0.0800. The Balaban J connectivity index is 1.44. The van der Waals surface area contributed by atoms with E-state index < -0.39 is 17.8 Å². The highest BCUT2D eigenvalue weighted by atomic mass is 16.5. The molecule has 7 nitrogen and oxygen atoms in total. The van der Waals surface area contributed by atoms with E-state index >= 15 is 0 Å². The predicted octanol–water partition coefficient (Wildman–Crippen LogP) is 3.89. The van der Waals surface area contributed by atoms with Gasteiger partial charge in [0.1, 0.15) is 18.0 Å². The van der Waals surface area contributed by atoms with Gasteiger partial charge in [-0.1, -0.05) is 54.6 Å². The topological polar surface area (TPSA) is 87.7 Å². The van der Waals surface area contributed by atoms with E-state index in [1.807, 2.05) is 54.6 Å². The molecule has 0 bridgehead atoms. The number of nitrogens with zero attached hydrogens (tertiary/aromatic N) is 1. The summed E-state index contributed by atoms with van der Waals surface area (Å²) in [6, 6.07) is 23.5. The van der Waals surface area contributed by atoms with Gasteiger partial charge in [0, 0.05) is 5.69 Å². The van der Waals surface area contributed by atoms with Gasteiger partial charge in [-0.15, -0.1) is 0 Å². The molecule has 0 aromatic heterocycles. The predicted molar refractivity (Wildman–Crippen MR) is 122 cm³/mol. The number of anilines is 1. The number of hydrogen-bond donors (Lipinski definition) is 2. The zero-order valence-corrected chi connectivity index (χ0v) is 17.4. The van der Waals surface area contributed by atoms with E-state index in [1.54, 1.807) is 37.5 Å². The Hall–Kier alpha value is -4.39. The molecule has 4 rings (SSSR count). The van der Waals surface area contributed by atoms with Gasteiger partial charge in [-0.25, -0.2) is 9.69 Å². The van der Waals surface area contributed by atoms with Gasteiger partial charge >= 0.3 is 6.03 Å². The van der Waals surface area contributed by atoms with Crippen LogP contribution in [-0.4, -0.2) is 36.4 Å². The van der Waals surface area contributed by atoms with Crippen LogP contribution >= 0.6 is 0 Å². The monoisotopic (exact) mass is 427 g/mol. The molecule has 0 radical (unpaired) electrons. The minimum atomic E-state index is -0.627. The molecule has 3 aromatic carbocycles. The molecule has 0 spiro atoms.